The third-order valence-corrected chi connectivity index (χ3v) is 2.36. The monoisotopic (exact) mass is 225 g/mol. The first-order valence-electron chi connectivity index (χ1n) is 5.35. The number of nitrogens with zero attached hydrogens (tertiary/aromatic N) is 2. The molecule has 0 spiro atoms. The van der Waals surface area contributed by atoms with Crippen molar-refractivity contribution < 1.29 is 4.39 Å². The molecule has 3 nitrogen and oxygen atoms in total. The maximum absolute atomic E-state index is 13.1. The van der Waals surface area contributed by atoms with Gasteiger partial charge in [0.05, 0.1) is 0 Å². The molecule has 1 rings (SSSR count). The first-order valence-corrected chi connectivity index (χ1v) is 5.35. The van der Waals surface area contributed by atoms with Gasteiger partial charge in [-0.05, 0) is 44.9 Å². The van der Waals surface area contributed by atoms with Gasteiger partial charge in [0.2, 0.25) is 0 Å². The quantitative estimate of drug-likeness (QED) is 0.769. The van der Waals surface area contributed by atoms with Gasteiger partial charge in [-0.15, -0.1) is 0 Å². The molecule has 1 aromatic rings. The number of halogens is 1. The van der Waals surface area contributed by atoms with Crippen molar-refractivity contribution in [1.82, 2.24) is 9.80 Å². The second-order valence-electron chi connectivity index (χ2n) is 4.43. The third kappa shape index (κ3) is 4.59. The summed E-state index contributed by atoms with van der Waals surface area (Å²) in [5.41, 5.74) is 6.99. The van der Waals surface area contributed by atoms with E-state index in [1.165, 1.54) is 12.1 Å². The van der Waals surface area contributed by atoms with Crippen LogP contribution in [0.3, 0.4) is 0 Å². The molecule has 0 heterocycles. The highest BCUT2D eigenvalue weighted by Crippen LogP contribution is 2.12. The van der Waals surface area contributed by atoms with E-state index in [0.717, 1.165) is 25.2 Å². The maximum atomic E-state index is 13.1. The van der Waals surface area contributed by atoms with Crippen LogP contribution in [0, 0.1) is 5.82 Å². The number of hydrogen-bond acceptors (Lipinski definition) is 3. The molecule has 0 aromatic heterocycles. The van der Waals surface area contributed by atoms with E-state index in [4.69, 9.17) is 5.73 Å². The molecule has 0 fully saturated rings. The van der Waals surface area contributed by atoms with Crippen LogP contribution in [-0.2, 0) is 6.54 Å². The van der Waals surface area contributed by atoms with E-state index >= 15 is 0 Å². The Hall–Kier alpha value is -1.13. The molecule has 1 aromatic carbocycles. The van der Waals surface area contributed by atoms with E-state index in [1.807, 2.05) is 27.2 Å². The van der Waals surface area contributed by atoms with Crippen molar-refractivity contribution in [3.8, 4) is 0 Å². The Balaban J connectivity index is 2.52. The van der Waals surface area contributed by atoms with Gasteiger partial charge < -0.3 is 15.5 Å². The molecule has 0 aliphatic heterocycles. The normalized spacial score (nSPS) is 11.4. The predicted octanol–water partition coefficient (Wildman–Crippen LogP) is 1.40. The number of rotatable bonds is 5. The lowest BCUT2D eigenvalue weighted by molar-refractivity contribution is 0.276. The van der Waals surface area contributed by atoms with Crippen molar-refractivity contribution in [3.63, 3.8) is 0 Å². The molecule has 0 aliphatic carbocycles. The Kier molecular flexibility index (Phi) is 4.71. The van der Waals surface area contributed by atoms with Crippen molar-refractivity contribution in [2.24, 2.45) is 0 Å². The lowest BCUT2D eigenvalue weighted by Gasteiger charge is -2.19. The minimum absolute atomic E-state index is 0.268. The molecule has 0 saturated carbocycles. The summed E-state index contributed by atoms with van der Waals surface area (Å²) in [6.07, 6.45) is 0. The van der Waals surface area contributed by atoms with Gasteiger partial charge >= 0.3 is 0 Å². The second-order valence-corrected chi connectivity index (χ2v) is 4.43. The van der Waals surface area contributed by atoms with Gasteiger partial charge in [0.1, 0.15) is 5.82 Å². The van der Waals surface area contributed by atoms with Crippen LogP contribution in [0.5, 0.6) is 0 Å². The molecule has 0 saturated heterocycles. The molecule has 0 aliphatic rings. The van der Waals surface area contributed by atoms with Gasteiger partial charge in [-0.3, -0.25) is 0 Å². The van der Waals surface area contributed by atoms with Crippen LogP contribution in [0.2, 0.25) is 0 Å². The largest absolute Gasteiger partial charge is 0.399 e. The van der Waals surface area contributed by atoms with Gasteiger partial charge in [-0.2, -0.15) is 0 Å². The van der Waals surface area contributed by atoms with Crippen molar-refractivity contribution in [2.45, 2.75) is 6.54 Å². The summed E-state index contributed by atoms with van der Waals surface area (Å²) in [6, 6.07) is 4.68. The molecule has 0 amide bonds. The summed E-state index contributed by atoms with van der Waals surface area (Å²) in [7, 11) is 6.09. The summed E-state index contributed by atoms with van der Waals surface area (Å²) in [5.74, 6) is -0.268. The summed E-state index contributed by atoms with van der Waals surface area (Å²) in [5, 5.41) is 0. The topological polar surface area (TPSA) is 32.5 Å². The Bertz CT molecular complexity index is 319. The van der Waals surface area contributed by atoms with E-state index in [1.54, 1.807) is 0 Å². The summed E-state index contributed by atoms with van der Waals surface area (Å²) >= 11 is 0. The fourth-order valence-electron chi connectivity index (χ4n) is 1.53. The Morgan fingerprint density at radius 3 is 2.38 bits per heavy atom. The number of nitrogens with two attached hydrogens (primary N) is 1. The van der Waals surface area contributed by atoms with Crippen LogP contribution in [0.15, 0.2) is 18.2 Å². The zero-order valence-corrected chi connectivity index (χ0v) is 10.2. The molecule has 2 N–H and O–H groups in total. The van der Waals surface area contributed by atoms with E-state index in [-0.39, 0.29) is 5.82 Å². The molecule has 90 valence electrons. The van der Waals surface area contributed by atoms with Gasteiger partial charge in [0.15, 0.2) is 0 Å². The van der Waals surface area contributed by atoms with Crippen LogP contribution in [0.4, 0.5) is 10.1 Å². The molecule has 4 heteroatoms. The van der Waals surface area contributed by atoms with Gasteiger partial charge in [-0.1, -0.05) is 0 Å². The lowest BCUT2D eigenvalue weighted by Crippen LogP contribution is -2.28. The summed E-state index contributed by atoms with van der Waals surface area (Å²) in [6.45, 7) is 2.65. The Morgan fingerprint density at radius 2 is 1.81 bits per heavy atom. The SMILES string of the molecule is CN(C)CCN(C)Cc1cc(N)cc(F)c1. The minimum Gasteiger partial charge on any atom is -0.399 e. The van der Waals surface area contributed by atoms with Gasteiger partial charge in [-0.25, -0.2) is 4.39 Å². The first kappa shape index (κ1) is 12.9. The average Bonchev–Trinajstić information content (AvgIpc) is 2.12. The third-order valence-electron chi connectivity index (χ3n) is 2.36. The number of likely N-dealkylation sites (N-methyl/N-ethyl adjacent to an activating group) is 2. The highest BCUT2D eigenvalue weighted by Gasteiger charge is 2.03. The van der Waals surface area contributed by atoms with Crippen molar-refractivity contribution >= 4 is 5.69 Å². The highest BCUT2D eigenvalue weighted by atomic mass is 19.1. The van der Waals surface area contributed by atoms with Crippen molar-refractivity contribution in [2.75, 3.05) is 40.0 Å². The Labute approximate surface area is 96.6 Å². The van der Waals surface area contributed by atoms with Crippen LogP contribution in [-0.4, -0.2) is 44.0 Å². The standard InChI is InChI=1S/C12H20FN3/c1-15(2)4-5-16(3)9-10-6-11(13)8-12(14)7-10/h6-8H,4-5,9,14H2,1-3H3. The zero-order chi connectivity index (χ0) is 12.1. The van der Waals surface area contributed by atoms with Crippen LogP contribution in [0.25, 0.3) is 0 Å². The zero-order valence-electron chi connectivity index (χ0n) is 10.2. The van der Waals surface area contributed by atoms with E-state index in [2.05, 4.69) is 9.80 Å². The molecular weight excluding hydrogens is 205 g/mol. The lowest BCUT2D eigenvalue weighted by atomic mass is 10.2. The number of benzene rings is 1. The minimum atomic E-state index is -0.268. The van der Waals surface area contributed by atoms with Crippen LogP contribution < -0.4 is 5.73 Å². The van der Waals surface area contributed by atoms with Crippen LogP contribution in [0.1, 0.15) is 5.56 Å². The molecule has 0 bridgehead atoms. The molecule has 0 unspecified atom stereocenters. The van der Waals surface area contributed by atoms with Crippen molar-refractivity contribution in [1.29, 1.82) is 0 Å². The molecule has 0 radical (unpaired) electrons. The number of hydrogen-bond donors (Lipinski definition) is 1. The fourth-order valence-corrected chi connectivity index (χ4v) is 1.53. The summed E-state index contributed by atoms with van der Waals surface area (Å²) < 4.78 is 13.1. The second kappa shape index (κ2) is 5.82. The first-order chi connectivity index (χ1) is 7.47. The van der Waals surface area contributed by atoms with Gasteiger partial charge in [0, 0.05) is 25.3 Å². The van der Waals surface area contributed by atoms with Crippen LogP contribution >= 0.6 is 0 Å². The number of nitrogen functional groups attached to an aromatic ring is 1. The predicted molar refractivity (Wildman–Crippen MR) is 65.7 cm³/mol. The Morgan fingerprint density at radius 1 is 1.12 bits per heavy atom. The van der Waals surface area contributed by atoms with E-state index in [0.29, 0.717) is 5.69 Å². The maximum Gasteiger partial charge on any atom is 0.125 e. The van der Waals surface area contributed by atoms with Crippen molar-refractivity contribution in [3.05, 3.63) is 29.6 Å². The smallest absolute Gasteiger partial charge is 0.125 e. The van der Waals surface area contributed by atoms with Gasteiger partial charge in [0.25, 0.3) is 0 Å². The number of anilines is 1. The molecule has 16 heavy (non-hydrogen) atoms. The molecular formula is C12H20FN3. The van der Waals surface area contributed by atoms with E-state index in [9.17, 15) is 4.39 Å². The van der Waals surface area contributed by atoms with E-state index < -0.39 is 0 Å². The average molecular weight is 225 g/mol. The molecule has 0 atom stereocenters. The fraction of sp³-hybridized carbons (Fsp3) is 0.500. The summed E-state index contributed by atoms with van der Waals surface area (Å²) in [4.78, 5) is 4.27. The highest BCUT2D eigenvalue weighted by molar-refractivity contribution is 5.41.